The molecular weight excluding hydrogens is 367 g/mol. The molecule has 0 bridgehead atoms. The Morgan fingerprint density at radius 3 is 1.65 bits per heavy atom. The van der Waals surface area contributed by atoms with Crippen molar-refractivity contribution in [2.45, 2.75) is 104 Å². The van der Waals surface area contributed by atoms with Gasteiger partial charge in [0.1, 0.15) is 0 Å². The van der Waals surface area contributed by atoms with Crippen LogP contribution >= 0.6 is 19.6 Å². The Morgan fingerprint density at radius 2 is 1.23 bits per heavy atom. The topological polar surface area (TPSA) is 66.8 Å². The van der Waals surface area contributed by atoms with Crippen molar-refractivity contribution in [3.8, 4) is 0 Å². The summed E-state index contributed by atoms with van der Waals surface area (Å²) >= 11 is 1.86. The van der Waals surface area contributed by atoms with Crippen LogP contribution in [0.15, 0.2) is 0 Å². The highest BCUT2D eigenvalue weighted by Crippen LogP contribution is 2.36. The number of phosphoric acid groups is 1. The van der Waals surface area contributed by atoms with E-state index in [1.54, 1.807) is 0 Å². The Morgan fingerprint density at radius 1 is 0.808 bits per heavy atom. The Hall–Kier alpha value is 0.460. The van der Waals surface area contributed by atoms with E-state index < -0.39 is 7.82 Å². The van der Waals surface area contributed by atoms with Gasteiger partial charge in [-0.3, -0.25) is 4.52 Å². The van der Waals surface area contributed by atoms with E-state index in [0.29, 0.717) is 0 Å². The molecule has 158 valence electrons. The fraction of sp³-hybridized carbons (Fsp3) is 1.00. The van der Waals surface area contributed by atoms with Crippen molar-refractivity contribution in [1.82, 2.24) is 0 Å². The molecule has 0 fully saturated rings. The molecule has 1 atom stereocenters. The summed E-state index contributed by atoms with van der Waals surface area (Å²) < 4.78 is 15.1. The molecule has 0 saturated carbocycles. The molecule has 4 nitrogen and oxygen atoms in total. The molecule has 0 spiro atoms. The molecule has 0 aliphatic rings. The van der Waals surface area contributed by atoms with E-state index in [4.69, 9.17) is 9.79 Å². The fourth-order valence-corrected chi connectivity index (χ4v) is 4.48. The van der Waals surface area contributed by atoms with Gasteiger partial charge in [0.25, 0.3) is 0 Å². The molecule has 0 aliphatic heterocycles. The maximum absolute atomic E-state index is 10.6. The zero-order chi connectivity index (χ0) is 19.5. The molecule has 0 amide bonds. The van der Waals surface area contributed by atoms with Crippen molar-refractivity contribution in [3.63, 3.8) is 0 Å². The monoisotopic (exact) mass is 410 g/mol. The molecule has 0 aliphatic carbocycles. The third-order valence-electron chi connectivity index (χ3n) is 4.57. The highest BCUT2D eigenvalue weighted by Gasteiger charge is 2.15. The SMILES string of the molecule is CCCCCCCCCCCCCCCCSCC(C)COP(=O)(O)O. The molecule has 0 aromatic heterocycles. The van der Waals surface area contributed by atoms with Gasteiger partial charge in [-0.25, -0.2) is 4.57 Å². The van der Waals surface area contributed by atoms with Gasteiger partial charge in [-0.1, -0.05) is 97.3 Å². The first-order chi connectivity index (χ1) is 12.5. The normalized spacial score (nSPS) is 13.2. The maximum Gasteiger partial charge on any atom is 0.469 e. The average molecular weight is 411 g/mol. The lowest BCUT2D eigenvalue weighted by Crippen LogP contribution is -2.07. The molecule has 0 radical (unpaired) electrons. The van der Waals surface area contributed by atoms with E-state index in [1.165, 1.54) is 89.9 Å². The van der Waals surface area contributed by atoms with E-state index in [-0.39, 0.29) is 12.5 Å². The van der Waals surface area contributed by atoms with Gasteiger partial charge < -0.3 is 9.79 Å². The lowest BCUT2D eigenvalue weighted by molar-refractivity contribution is 0.178. The van der Waals surface area contributed by atoms with Crippen molar-refractivity contribution in [3.05, 3.63) is 0 Å². The third-order valence-corrected chi connectivity index (χ3v) is 6.44. The minimum absolute atomic E-state index is 0.135. The number of unbranched alkanes of at least 4 members (excludes halogenated alkanes) is 13. The van der Waals surface area contributed by atoms with E-state index in [0.717, 1.165) is 11.5 Å². The standard InChI is InChI=1S/C20H43O4PS/c1-3-4-5-6-7-8-9-10-11-12-13-14-15-16-17-26-19-20(2)18-24-25(21,22)23/h20H,3-19H2,1-2H3,(H2,21,22,23). The minimum Gasteiger partial charge on any atom is -0.303 e. The lowest BCUT2D eigenvalue weighted by atomic mass is 10.0. The van der Waals surface area contributed by atoms with E-state index >= 15 is 0 Å². The zero-order valence-corrected chi connectivity index (χ0v) is 18.9. The highest BCUT2D eigenvalue weighted by molar-refractivity contribution is 7.99. The van der Waals surface area contributed by atoms with Crippen LogP contribution in [0.3, 0.4) is 0 Å². The molecular formula is C20H43O4PS. The second-order valence-corrected chi connectivity index (χ2v) is 9.95. The van der Waals surface area contributed by atoms with Crippen LogP contribution in [0.4, 0.5) is 0 Å². The Labute approximate surface area is 166 Å². The maximum atomic E-state index is 10.6. The first-order valence-electron chi connectivity index (χ1n) is 10.7. The predicted octanol–water partition coefficient (Wildman–Crippen LogP) is 6.95. The Balaban J connectivity index is 3.14. The van der Waals surface area contributed by atoms with Gasteiger partial charge >= 0.3 is 7.82 Å². The van der Waals surface area contributed by atoms with Crippen LogP contribution < -0.4 is 0 Å². The van der Waals surface area contributed by atoms with Gasteiger partial charge in [0, 0.05) is 0 Å². The quantitative estimate of drug-likeness (QED) is 0.168. The van der Waals surface area contributed by atoms with Crippen LogP contribution in [-0.4, -0.2) is 27.9 Å². The number of rotatable bonds is 20. The number of thioether (sulfide) groups is 1. The molecule has 0 saturated heterocycles. The number of hydrogen-bond donors (Lipinski definition) is 2. The smallest absolute Gasteiger partial charge is 0.303 e. The molecule has 0 aromatic carbocycles. The van der Waals surface area contributed by atoms with Crippen LogP contribution in [0.2, 0.25) is 0 Å². The largest absolute Gasteiger partial charge is 0.469 e. The molecule has 6 heteroatoms. The van der Waals surface area contributed by atoms with Crippen LogP contribution in [0, 0.1) is 5.92 Å². The average Bonchev–Trinajstić information content (AvgIpc) is 2.59. The van der Waals surface area contributed by atoms with Crippen LogP contribution in [0.25, 0.3) is 0 Å². The Kier molecular flexibility index (Phi) is 19.1. The van der Waals surface area contributed by atoms with Crippen molar-refractivity contribution in [2.24, 2.45) is 5.92 Å². The second-order valence-electron chi connectivity index (χ2n) is 7.56. The summed E-state index contributed by atoms with van der Waals surface area (Å²) in [5.41, 5.74) is 0. The number of hydrogen-bond acceptors (Lipinski definition) is 3. The van der Waals surface area contributed by atoms with Crippen molar-refractivity contribution >= 4 is 19.6 Å². The van der Waals surface area contributed by atoms with Crippen LogP contribution in [-0.2, 0) is 9.09 Å². The van der Waals surface area contributed by atoms with Gasteiger partial charge in [-0.2, -0.15) is 11.8 Å². The van der Waals surface area contributed by atoms with Gasteiger partial charge in [0.2, 0.25) is 0 Å². The highest BCUT2D eigenvalue weighted by atomic mass is 32.2. The van der Waals surface area contributed by atoms with Gasteiger partial charge in [0.05, 0.1) is 6.61 Å². The zero-order valence-electron chi connectivity index (χ0n) is 17.2. The molecule has 26 heavy (non-hydrogen) atoms. The molecule has 1 unspecified atom stereocenters. The molecule has 0 heterocycles. The first-order valence-corrected chi connectivity index (χ1v) is 13.4. The van der Waals surface area contributed by atoms with Crippen molar-refractivity contribution in [1.29, 1.82) is 0 Å². The summed E-state index contributed by atoms with van der Waals surface area (Å²) in [6.45, 7) is 4.37. The van der Waals surface area contributed by atoms with Crippen LogP contribution in [0.1, 0.15) is 104 Å². The summed E-state index contributed by atoms with van der Waals surface area (Å²) in [6.07, 6.45) is 19.4. The van der Waals surface area contributed by atoms with E-state index in [2.05, 4.69) is 11.4 Å². The molecule has 2 N–H and O–H groups in total. The first kappa shape index (κ1) is 26.5. The summed E-state index contributed by atoms with van der Waals surface area (Å²) in [5.74, 6) is 2.22. The Bertz CT molecular complexity index is 336. The minimum atomic E-state index is -4.30. The van der Waals surface area contributed by atoms with E-state index in [1.807, 2.05) is 18.7 Å². The summed E-state index contributed by atoms with van der Waals surface area (Å²) in [4.78, 5) is 17.3. The third kappa shape index (κ3) is 22.5. The van der Waals surface area contributed by atoms with Gasteiger partial charge in [-0.05, 0) is 23.8 Å². The summed E-state index contributed by atoms with van der Waals surface area (Å²) in [6, 6.07) is 0. The summed E-state index contributed by atoms with van der Waals surface area (Å²) in [5, 5.41) is 0. The summed E-state index contributed by atoms with van der Waals surface area (Å²) in [7, 11) is -4.30. The predicted molar refractivity (Wildman–Crippen MR) is 115 cm³/mol. The molecule has 0 rings (SSSR count). The van der Waals surface area contributed by atoms with Crippen molar-refractivity contribution in [2.75, 3.05) is 18.1 Å². The second kappa shape index (κ2) is 18.8. The van der Waals surface area contributed by atoms with Gasteiger partial charge in [-0.15, -0.1) is 0 Å². The lowest BCUT2D eigenvalue weighted by Gasteiger charge is -2.12. The molecule has 0 aromatic rings. The van der Waals surface area contributed by atoms with Crippen molar-refractivity contribution < 1.29 is 18.9 Å². The van der Waals surface area contributed by atoms with E-state index in [9.17, 15) is 4.57 Å². The van der Waals surface area contributed by atoms with Gasteiger partial charge in [0.15, 0.2) is 0 Å². The fourth-order valence-electron chi connectivity index (χ4n) is 2.96. The van der Waals surface area contributed by atoms with Crippen LogP contribution in [0.5, 0.6) is 0 Å². The number of phosphoric ester groups is 1.